The molecule has 0 aliphatic carbocycles. The number of nitrogen functional groups attached to an aromatic ring is 1. The number of imidazole rings is 1. The Morgan fingerprint density at radius 1 is 1.32 bits per heavy atom. The van der Waals surface area contributed by atoms with E-state index < -0.39 is 30.2 Å². The molecule has 1 saturated heterocycles. The minimum Gasteiger partial charge on any atom is -0.476 e. The lowest BCUT2D eigenvalue weighted by atomic mass is 10.1. The maximum Gasteiger partial charge on any atom is 0.333 e. The highest BCUT2D eigenvalue weighted by atomic mass is 16.6. The van der Waals surface area contributed by atoms with E-state index in [4.69, 9.17) is 24.7 Å². The number of aliphatic hydroxyl groups excluding tert-OH is 1. The summed E-state index contributed by atoms with van der Waals surface area (Å²) in [6.45, 7) is 5.74. The quantitative estimate of drug-likeness (QED) is 0.576. The third kappa shape index (κ3) is 3.15. The molecule has 1 aliphatic rings. The predicted molar refractivity (Wildman–Crippen MR) is 100 cm³/mol. The smallest absolute Gasteiger partial charge is 0.333 e. The summed E-state index contributed by atoms with van der Waals surface area (Å²) in [6.07, 6.45) is -1.22. The van der Waals surface area contributed by atoms with Crippen LogP contribution in [0.2, 0.25) is 0 Å². The van der Waals surface area contributed by atoms with Crippen LogP contribution in [0, 0.1) is 0 Å². The summed E-state index contributed by atoms with van der Waals surface area (Å²) in [7, 11) is 2.97. The maximum atomic E-state index is 13.3. The average Bonchev–Trinajstić information content (AvgIpc) is 3.16. The number of ether oxygens (including phenoxy) is 4. The van der Waals surface area contributed by atoms with Crippen LogP contribution in [0.25, 0.3) is 11.2 Å². The number of aliphatic hydroxyl groups is 1. The molecule has 11 heteroatoms. The first-order valence-corrected chi connectivity index (χ1v) is 8.86. The van der Waals surface area contributed by atoms with Crippen LogP contribution in [0.5, 0.6) is 5.88 Å². The Kier molecular flexibility index (Phi) is 5.98. The standard InChI is InChI=1S/C17H25N5O6/c1-5-7-21-10-13(19-16(18)20-14(10)27-6-2)22(17(21)24)15-12(26-4)11(25-3)9(8-23)28-15/h5,9,11-12,15,23H,1,6-8H2,2-4H3,(H2,18,19,20)/t9-,11-,12-,15-/m1/s1. The number of nitrogens with two attached hydrogens (primary N) is 1. The summed E-state index contributed by atoms with van der Waals surface area (Å²) >= 11 is 0. The molecule has 11 nitrogen and oxygen atoms in total. The number of nitrogens with zero attached hydrogens (tertiary/aromatic N) is 4. The number of anilines is 1. The zero-order valence-electron chi connectivity index (χ0n) is 16.1. The first-order chi connectivity index (χ1) is 13.5. The SMILES string of the molecule is C=CCn1c(=O)n([C@@H]2O[C@H](CO)[C@@H](OC)[C@H]2OC)c2nc(N)nc(OCC)c21. The number of allylic oxidation sites excluding steroid dienone is 1. The molecule has 0 bridgehead atoms. The molecule has 28 heavy (non-hydrogen) atoms. The van der Waals surface area contributed by atoms with Gasteiger partial charge in [-0.15, -0.1) is 6.58 Å². The third-order valence-electron chi connectivity index (χ3n) is 4.64. The van der Waals surface area contributed by atoms with Crippen LogP contribution in [0.3, 0.4) is 0 Å². The Balaban J connectivity index is 2.27. The lowest BCUT2D eigenvalue weighted by Gasteiger charge is -2.21. The van der Waals surface area contributed by atoms with E-state index in [1.807, 2.05) is 0 Å². The monoisotopic (exact) mass is 395 g/mol. The normalized spacial score (nSPS) is 24.7. The van der Waals surface area contributed by atoms with E-state index in [9.17, 15) is 9.90 Å². The van der Waals surface area contributed by atoms with Crippen LogP contribution in [-0.4, -0.2) is 70.0 Å². The molecule has 3 heterocycles. The first-order valence-electron chi connectivity index (χ1n) is 8.86. The first kappa shape index (κ1) is 20.3. The highest BCUT2D eigenvalue weighted by molar-refractivity contribution is 5.78. The van der Waals surface area contributed by atoms with E-state index in [2.05, 4.69) is 16.5 Å². The van der Waals surface area contributed by atoms with Crippen LogP contribution in [0.4, 0.5) is 5.95 Å². The van der Waals surface area contributed by atoms with Crippen LogP contribution < -0.4 is 16.2 Å². The second-order valence-corrected chi connectivity index (χ2v) is 6.19. The van der Waals surface area contributed by atoms with E-state index in [0.29, 0.717) is 12.1 Å². The van der Waals surface area contributed by atoms with Crippen LogP contribution in [-0.2, 0) is 20.8 Å². The second kappa shape index (κ2) is 8.27. The van der Waals surface area contributed by atoms with Crippen molar-refractivity contribution in [1.82, 2.24) is 19.1 Å². The molecule has 0 radical (unpaired) electrons. The molecule has 2 aromatic heterocycles. The minimum atomic E-state index is -0.892. The maximum absolute atomic E-state index is 13.3. The molecule has 2 aromatic rings. The molecule has 0 saturated carbocycles. The van der Waals surface area contributed by atoms with Gasteiger partial charge in [-0.05, 0) is 6.92 Å². The zero-order chi connectivity index (χ0) is 20.4. The van der Waals surface area contributed by atoms with Crippen molar-refractivity contribution in [1.29, 1.82) is 0 Å². The molecular formula is C17H25N5O6. The molecule has 0 amide bonds. The Bertz CT molecular complexity index is 910. The van der Waals surface area contributed by atoms with Gasteiger partial charge in [0.25, 0.3) is 0 Å². The number of rotatable bonds is 8. The number of fused-ring (bicyclic) bond motifs is 1. The van der Waals surface area contributed by atoms with E-state index in [-0.39, 0.29) is 30.6 Å². The van der Waals surface area contributed by atoms with Gasteiger partial charge in [0, 0.05) is 20.8 Å². The van der Waals surface area contributed by atoms with Crippen LogP contribution in [0.15, 0.2) is 17.4 Å². The average molecular weight is 395 g/mol. The topological polar surface area (TPSA) is 136 Å². The van der Waals surface area contributed by atoms with E-state index in [1.54, 1.807) is 13.0 Å². The summed E-state index contributed by atoms with van der Waals surface area (Å²) < 4.78 is 25.2. The van der Waals surface area contributed by atoms with E-state index in [1.165, 1.54) is 23.4 Å². The van der Waals surface area contributed by atoms with Crippen LogP contribution in [0.1, 0.15) is 13.2 Å². The van der Waals surface area contributed by atoms with Crippen molar-refractivity contribution in [2.45, 2.75) is 38.0 Å². The van der Waals surface area contributed by atoms with Gasteiger partial charge in [0.05, 0.1) is 13.2 Å². The van der Waals surface area contributed by atoms with Gasteiger partial charge in [-0.2, -0.15) is 9.97 Å². The fraction of sp³-hybridized carbons (Fsp3) is 0.588. The Hall–Kier alpha value is -2.47. The van der Waals surface area contributed by atoms with Gasteiger partial charge in [0.15, 0.2) is 17.4 Å². The molecule has 1 aliphatic heterocycles. The minimum absolute atomic E-state index is 0.0468. The largest absolute Gasteiger partial charge is 0.476 e. The van der Waals surface area contributed by atoms with Crippen molar-refractivity contribution in [3.8, 4) is 5.88 Å². The highest BCUT2D eigenvalue weighted by Gasteiger charge is 2.47. The molecule has 1 fully saturated rings. The Morgan fingerprint density at radius 2 is 2.04 bits per heavy atom. The Labute approximate surface area is 161 Å². The van der Waals surface area contributed by atoms with Crippen molar-refractivity contribution in [3.05, 3.63) is 23.1 Å². The van der Waals surface area contributed by atoms with Crippen molar-refractivity contribution >= 4 is 17.1 Å². The van der Waals surface area contributed by atoms with Gasteiger partial charge in [0.2, 0.25) is 11.8 Å². The lowest BCUT2D eigenvalue weighted by Crippen LogP contribution is -2.38. The molecule has 0 unspecified atom stereocenters. The molecule has 3 rings (SSSR count). The molecule has 154 valence electrons. The van der Waals surface area contributed by atoms with Crippen molar-refractivity contribution in [2.75, 3.05) is 33.2 Å². The van der Waals surface area contributed by atoms with Gasteiger partial charge in [0.1, 0.15) is 18.3 Å². The fourth-order valence-corrected chi connectivity index (χ4v) is 3.52. The van der Waals surface area contributed by atoms with Gasteiger partial charge < -0.3 is 29.8 Å². The zero-order valence-corrected chi connectivity index (χ0v) is 16.1. The summed E-state index contributed by atoms with van der Waals surface area (Å²) in [4.78, 5) is 21.6. The Morgan fingerprint density at radius 3 is 2.61 bits per heavy atom. The molecule has 0 aromatic carbocycles. The number of methoxy groups -OCH3 is 2. The van der Waals surface area contributed by atoms with Crippen molar-refractivity contribution in [3.63, 3.8) is 0 Å². The molecular weight excluding hydrogens is 370 g/mol. The summed E-state index contributed by atoms with van der Waals surface area (Å²) in [5, 5.41) is 9.64. The van der Waals surface area contributed by atoms with E-state index >= 15 is 0 Å². The van der Waals surface area contributed by atoms with Gasteiger partial charge in [-0.1, -0.05) is 6.08 Å². The number of aromatic nitrogens is 4. The third-order valence-corrected chi connectivity index (χ3v) is 4.64. The number of hydrogen-bond acceptors (Lipinski definition) is 9. The second-order valence-electron chi connectivity index (χ2n) is 6.19. The molecule has 0 spiro atoms. The van der Waals surface area contributed by atoms with Crippen LogP contribution >= 0.6 is 0 Å². The number of hydrogen-bond donors (Lipinski definition) is 2. The predicted octanol–water partition coefficient (Wildman–Crippen LogP) is -0.320. The van der Waals surface area contributed by atoms with Gasteiger partial charge in [-0.25, -0.2) is 9.36 Å². The van der Waals surface area contributed by atoms with Gasteiger partial charge >= 0.3 is 5.69 Å². The summed E-state index contributed by atoms with van der Waals surface area (Å²) in [5.41, 5.74) is 6.04. The molecule has 4 atom stereocenters. The summed E-state index contributed by atoms with van der Waals surface area (Å²) in [6, 6.07) is 0. The lowest BCUT2D eigenvalue weighted by molar-refractivity contribution is -0.0601. The van der Waals surface area contributed by atoms with Crippen molar-refractivity contribution in [2.24, 2.45) is 0 Å². The van der Waals surface area contributed by atoms with Gasteiger partial charge in [-0.3, -0.25) is 4.57 Å². The highest BCUT2D eigenvalue weighted by Crippen LogP contribution is 2.35. The molecule has 3 N–H and O–H groups in total. The summed E-state index contributed by atoms with van der Waals surface area (Å²) in [5.74, 6) is 0.145. The van der Waals surface area contributed by atoms with E-state index in [0.717, 1.165) is 0 Å². The fourth-order valence-electron chi connectivity index (χ4n) is 3.52. The van der Waals surface area contributed by atoms with Crippen molar-refractivity contribution < 1.29 is 24.1 Å².